The summed E-state index contributed by atoms with van der Waals surface area (Å²) in [6.45, 7) is 3.21. The number of nitrogens with one attached hydrogen (secondary N) is 1. The summed E-state index contributed by atoms with van der Waals surface area (Å²) >= 11 is 6.10. The quantitative estimate of drug-likeness (QED) is 0.766. The molecule has 2 aromatic carbocycles. The van der Waals surface area contributed by atoms with E-state index in [0.29, 0.717) is 5.69 Å². The van der Waals surface area contributed by atoms with Gasteiger partial charge in [0, 0.05) is 12.6 Å². The van der Waals surface area contributed by atoms with Gasteiger partial charge in [0.2, 0.25) is 11.8 Å². The van der Waals surface area contributed by atoms with Crippen molar-refractivity contribution in [3.8, 4) is 0 Å². The van der Waals surface area contributed by atoms with Gasteiger partial charge in [-0.15, -0.1) is 0 Å². The number of rotatable bonds is 6. The highest BCUT2D eigenvalue weighted by atomic mass is 35.5. The molecule has 0 atom stereocenters. The molecule has 6 nitrogen and oxygen atoms in total. The molecule has 142 valence electrons. The first-order valence-corrected chi connectivity index (χ1v) is 8.78. The summed E-state index contributed by atoms with van der Waals surface area (Å²) in [6.07, 6.45) is 0.731. The Bertz CT molecular complexity index is 867. The van der Waals surface area contributed by atoms with E-state index in [0.717, 1.165) is 12.0 Å². The first-order valence-electron chi connectivity index (χ1n) is 8.41. The van der Waals surface area contributed by atoms with E-state index in [4.69, 9.17) is 11.6 Å². The van der Waals surface area contributed by atoms with Crippen molar-refractivity contribution >= 4 is 40.8 Å². The molecular formula is C20H21ClN2O4. The molecule has 7 heteroatoms. The third kappa shape index (κ3) is 5.08. The summed E-state index contributed by atoms with van der Waals surface area (Å²) < 4.78 is 4.67. The van der Waals surface area contributed by atoms with E-state index in [9.17, 15) is 14.4 Å². The predicted octanol–water partition coefficient (Wildman–Crippen LogP) is 3.68. The molecule has 0 aliphatic heterocycles. The average molecular weight is 389 g/mol. The number of halogens is 1. The average Bonchev–Trinajstić information content (AvgIpc) is 2.67. The first-order chi connectivity index (χ1) is 12.9. The number of aryl methyl sites for hydroxylation is 1. The summed E-state index contributed by atoms with van der Waals surface area (Å²) in [5, 5.41) is 2.93. The number of carbonyl (C=O) groups is 3. The summed E-state index contributed by atoms with van der Waals surface area (Å²) in [5.74, 6) is -1.22. The standard InChI is InChI=1S/C20H21ClN2O4/c1-4-14-7-5-6-8-18(14)23(13(2)24)12-19(25)22-17-11-15(20(26)27-3)9-10-16(17)21/h5-11H,4,12H2,1-3H3,(H,22,25). The number of hydrogen-bond acceptors (Lipinski definition) is 4. The van der Waals surface area contributed by atoms with Gasteiger partial charge >= 0.3 is 5.97 Å². The molecule has 0 aromatic heterocycles. The number of nitrogens with zero attached hydrogens (tertiary/aromatic N) is 1. The molecule has 0 heterocycles. The van der Waals surface area contributed by atoms with Crippen LogP contribution in [0.5, 0.6) is 0 Å². The Hall–Kier alpha value is -2.86. The minimum atomic E-state index is -0.538. The van der Waals surface area contributed by atoms with Crippen LogP contribution < -0.4 is 10.2 Å². The van der Waals surface area contributed by atoms with Crippen LogP contribution in [-0.4, -0.2) is 31.4 Å². The minimum absolute atomic E-state index is 0.175. The lowest BCUT2D eigenvalue weighted by atomic mass is 10.1. The van der Waals surface area contributed by atoms with E-state index in [1.807, 2.05) is 25.1 Å². The van der Waals surface area contributed by atoms with E-state index in [1.54, 1.807) is 6.07 Å². The van der Waals surface area contributed by atoms with Gasteiger partial charge in [0.05, 0.1) is 23.4 Å². The Morgan fingerprint density at radius 1 is 1.15 bits per heavy atom. The molecule has 0 saturated carbocycles. The van der Waals surface area contributed by atoms with Gasteiger partial charge in [0.1, 0.15) is 6.54 Å². The number of hydrogen-bond donors (Lipinski definition) is 1. The van der Waals surface area contributed by atoms with Crippen LogP contribution >= 0.6 is 11.6 Å². The van der Waals surface area contributed by atoms with Crippen LogP contribution in [0.2, 0.25) is 5.02 Å². The maximum Gasteiger partial charge on any atom is 0.337 e. The normalized spacial score (nSPS) is 10.2. The van der Waals surface area contributed by atoms with Crippen LogP contribution in [0.15, 0.2) is 42.5 Å². The van der Waals surface area contributed by atoms with Crippen molar-refractivity contribution < 1.29 is 19.1 Å². The van der Waals surface area contributed by atoms with Crippen LogP contribution in [-0.2, 0) is 20.7 Å². The van der Waals surface area contributed by atoms with Gasteiger partial charge < -0.3 is 15.0 Å². The lowest BCUT2D eigenvalue weighted by Gasteiger charge is -2.23. The molecule has 1 N–H and O–H groups in total. The lowest BCUT2D eigenvalue weighted by molar-refractivity contribution is -0.120. The number of carbonyl (C=O) groups excluding carboxylic acids is 3. The molecule has 0 fully saturated rings. The van der Waals surface area contributed by atoms with Gasteiger partial charge in [0.25, 0.3) is 0 Å². The molecule has 0 spiro atoms. The van der Waals surface area contributed by atoms with Crippen LogP contribution in [0.1, 0.15) is 29.8 Å². The smallest absolute Gasteiger partial charge is 0.337 e. The number of benzene rings is 2. The van der Waals surface area contributed by atoms with Crippen molar-refractivity contribution in [2.45, 2.75) is 20.3 Å². The largest absolute Gasteiger partial charge is 0.465 e. The van der Waals surface area contributed by atoms with E-state index in [2.05, 4.69) is 10.1 Å². The van der Waals surface area contributed by atoms with Crippen molar-refractivity contribution in [3.63, 3.8) is 0 Å². The fraction of sp³-hybridized carbons (Fsp3) is 0.250. The van der Waals surface area contributed by atoms with Crippen LogP contribution in [0, 0.1) is 0 Å². The highest BCUT2D eigenvalue weighted by Crippen LogP contribution is 2.25. The van der Waals surface area contributed by atoms with E-state index < -0.39 is 11.9 Å². The van der Waals surface area contributed by atoms with Crippen molar-refractivity contribution in [2.24, 2.45) is 0 Å². The lowest BCUT2D eigenvalue weighted by Crippen LogP contribution is -2.37. The minimum Gasteiger partial charge on any atom is -0.465 e. The Balaban J connectivity index is 2.22. The number of ether oxygens (including phenoxy) is 1. The summed E-state index contributed by atoms with van der Waals surface area (Å²) in [6, 6.07) is 11.9. The number of amides is 2. The maximum atomic E-state index is 12.5. The molecule has 2 aromatic rings. The van der Waals surface area contributed by atoms with E-state index >= 15 is 0 Å². The van der Waals surface area contributed by atoms with Crippen molar-refractivity contribution in [3.05, 3.63) is 58.6 Å². The number of esters is 1. The summed E-state index contributed by atoms with van der Waals surface area (Å²) in [7, 11) is 1.27. The fourth-order valence-corrected chi connectivity index (χ4v) is 2.80. The SMILES string of the molecule is CCc1ccccc1N(CC(=O)Nc1cc(C(=O)OC)ccc1Cl)C(C)=O. The number of methoxy groups -OCH3 is 1. The Kier molecular flexibility index (Phi) is 6.96. The molecule has 27 heavy (non-hydrogen) atoms. The Labute approximate surface area is 163 Å². The van der Waals surface area contributed by atoms with E-state index in [1.165, 1.54) is 37.1 Å². The summed E-state index contributed by atoms with van der Waals surface area (Å²) in [4.78, 5) is 37.7. The number of para-hydroxylation sites is 1. The van der Waals surface area contributed by atoms with E-state index in [-0.39, 0.29) is 28.7 Å². The van der Waals surface area contributed by atoms with Gasteiger partial charge in [-0.3, -0.25) is 9.59 Å². The van der Waals surface area contributed by atoms with Crippen LogP contribution in [0.25, 0.3) is 0 Å². The molecule has 0 saturated heterocycles. The molecule has 0 radical (unpaired) electrons. The first kappa shape index (κ1) is 20.5. The van der Waals surface area contributed by atoms with Crippen LogP contribution in [0.3, 0.4) is 0 Å². The molecule has 0 bridgehead atoms. The Morgan fingerprint density at radius 2 is 1.85 bits per heavy atom. The number of anilines is 2. The van der Waals surface area contributed by atoms with Gasteiger partial charge in [-0.1, -0.05) is 36.7 Å². The van der Waals surface area contributed by atoms with Gasteiger partial charge in [0.15, 0.2) is 0 Å². The zero-order valence-electron chi connectivity index (χ0n) is 15.4. The molecule has 0 aliphatic rings. The van der Waals surface area contributed by atoms with Crippen LogP contribution in [0.4, 0.5) is 11.4 Å². The highest BCUT2D eigenvalue weighted by molar-refractivity contribution is 6.34. The second-order valence-electron chi connectivity index (χ2n) is 5.82. The topological polar surface area (TPSA) is 75.7 Å². The monoisotopic (exact) mass is 388 g/mol. The second-order valence-corrected chi connectivity index (χ2v) is 6.23. The van der Waals surface area contributed by atoms with Crippen molar-refractivity contribution in [1.29, 1.82) is 0 Å². The molecule has 0 unspecified atom stereocenters. The molecule has 2 amide bonds. The van der Waals surface area contributed by atoms with Crippen molar-refractivity contribution in [2.75, 3.05) is 23.9 Å². The van der Waals surface area contributed by atoms with Gasteiger partial charge in [-0.2, -0.15) is 0 Å². The van der Waals surface area contributed by atoms with Gasteiger partial charge in [-0.05, 0) is 36.2 Å². The Morgan fingerprint density at radius 3 is 2.48 bits per heavy atom. The maximum absolute atomic E-state index is 12.5. The predicted molar refractivity (Wildman–Crippen MR) is 105 cm³/mol. The third-order valence-electron chi connectivity index (χ3n) is 4.01. The zero-order chi connectivity index (χ0) is 20.0. The summed E-state index contributed by atoms with van der Waals surface area (Å²) in [5.41, 5.74) is 2.19. The third-order valence-corrected chi connectivity index (χ3v) is 4.34. The van der Waals surface area contributed by atoms with Gasteiger partial charge in [-0.25, -0.2) is 4.79 Å². The second kappa shape index (κ2) is 9.19. The molecule has 2 rings (SSSR count). The van der Waals surface area contributed by atoms with Crippen molar-refractivity contribution in [1.82, 2.24) is 0 Å². The molecule has 0 aliphatic carbocycles. The molecular weight excluding hydrogens is 368 g/mol. The fourth-order valence-electron chi connectivity index (χ4n) is 2.64. The highest BCUT2D eigenvalue weighted by Gasteiger charge is 2.19. The zero-order valence-corrected chi connectivity index (χ0v) is 16.2.